The first-order valence-corrected chi connectivity index (χ1v) is 9.97. The van der Waals surface area contributed by atoms with Crippen molar-refractivity contribution in [3.63, 3.8) is 0 Å². The molecule has 3 aromatic rings. The maximum Gasteiger partial charge on any atom is 0.407 e. The minimum Gasteiger partial charge on any atom is -0.453 e. The summed E-state index contributed by atoms with van der Waals surface area (Å²) < 4.78 is 4.82. The van der Waals surface area contributed by atoms with E-state index in [0.717, 1.165) is 28.8 Å². The van der Waals surface area contributed by atoms with E-state index < -0.39 is 12.1 Å². The number of hydrogen-bond acceptors (Lipinski definition) is 3. The second-order valence-corrected chi connectivity index (χ2v) is 6.91. The molecular weight excluding hydrogens is 376 g/mol. The van der Waals surface area contributed by atoms with Crippen LogP contribution in [-0.2, 0) is 16.0 Å². The number of hydrogen-bond donors (Lipinski definition) is 2. The molecule has 3 rings (SSSR count). The molecular formula is C25H26N2O3. The molecule has 2 amide bonds. The van der Waals surface area contributed by atoms with Crippen molar-refractivity contribution in [1.29, 1.82) is 0 Å². The zero-order valence-corrected chi connectivity index (χ0v) is 17.2. The van der Waals surface area contributed by atoms with E-state index in [9.17, 15) is 9.59 Å². The quantitative estimate of drug-likeness (QED) is 0.600. The number of carbonyl (C=O) groups is 2. The summed E-state index contributed by atoms with van der Waals surface area (Å²) in [5, 5.41) is 5.75. The smallest absolute Gasteiger partial charge is 0.407 e. The molecule has 3 aromatic carbocycles. The van der Waals surface area contributed by atoms with Crippen molar-refractivity contribution in [3.8, 4) is 0 Å². The van der Waals surface area contributed by atoms with Crippen LogP contribution in [0.4, 0.5) is 10.5 Å². The first-order valence-electron chi connectivity index (χ1n) is 9.97. The topological polar surface area (TPSA) is 67.4 Å². The molecule has 0 fully saturated rings. The van der Waals surface area contributed by atoms with E-state index in [4.69, 9.17) is 4.74 Å². The summed E-state index contributed by atoms with van der Waals surface area (Å²) in [6.45, 7) is 2.03. The molecule has 0 bridgehead atoms. The highest BCUT2D eigenvalue weighted by molar-refractivity contribution is 5.98. The average molecular weight is 402 g/mol. The maximum absolute atomic E-state index is 13.4. The molecule has 0 aliphatic heterocycles. The zero-order valence-electron chi connectivity index (χ0n) is 17.2. The summed E-state index contributed by atoms with van der Waals surface area (Å²) in [6.07, 6.45) is 0.127. The molecule has 30 heavy (non-hydrogen) atoms. The number of anilines is 1. The Morgan fingerprint density at radius 2 is 1.37 bits per heavy atom. The molecule has 0 aromatic heterocycles. The summed E-state index contributed by atoms with van der Waals surface area (Å²) in [7, 11) is 1.29. The number of alkyl carbamates (subject to hydrolysis) is 1. The van der Waals surface area contributed by atoms with Crippen LogP contribution in [0.5, 0.6) is 0 Å². The van der Waals surface area contributed by atoms with Crippen LogP contribution >= 0.6 is 0 Å². The van der Waals surface area contributed by atoms with Gasteiger partial charge in [-0.25, -0.2) is 4.79 Å². The Kier molecular flexibility index (Phi) is 7.22. The van der Waals surface area contributed by atoms with E-state index in [0.29, 0.717) is 0 Å². The second-order valence-electron chi connectivity index (χ2n) is 6.91. The normalized spacial score (nSPS) is 11.6. The lowest BCUT2D eigenvalue weighted by atomic mass is 9.84. The number of amides is 2. The van der Waals surface area contributed by atoms with E-state index in [1.165, 1.54) is 7.11 Å². The second kappa shape index (κ2) is 10.3. The minimum atomic E-state index is -0.868. The molecule has 154 valence electrons. The monoisotopic (exact) mass is 402 g/mol. The van der Waals surface area contributed by atoms with Gasteiger partial charge < -0.3 is 15.4 Å². The number of benzene rings is 3. The van der Waals surface area contributed by atoms with Gasteiger partial charge in [0.25, 0.3) is 0 Å². The van der Waals surface area contributed by atoms with E-state index in [1.54, 1.807) is 0 Å². The SMILES string of the molecule is CCc1ccccc1NC(=O)[C@@H](NC(=O)OC)C(c1ccccc1)c1ccccc1. The fourth-order valence-electron chi connectivity index (χ4n) is 3.55. The lowest BCUT2D eigenvalue weighted by molar-refractivity contribution is -0.118. The standard InChI is InChI=1S/C25H26N2O3/c1-3-18-12-10-11-17-21(18)26-24(28)23(27-25(29)30-2)22(19-13-6-4-7-14-19)20-15-8-5-9-16-20/h4-17,22-23H,3H2,1-2H3,(H,26,28)(H,27,29)/t23-/m0/s1. The lowest BCUT2D eigenvalue weighted by Gasteiger charge is -2.28. The molecule has 0 saturated carbocycles. The Labute approximate surface area is 177 Å². The van der Waals surface area contributed by atoms with Gasteiger partial charge in [0.2, 0.25) is 5.91 Å². The fraction of sp³-hybridized carbons (Fsp3) is 0.200. The molecule has 1 atom stereocenters. The Bertz CT molecular complexity index is 934. The van der Waals surface area contributed by atoms with Crippen LogP contribution in [0.1, 0.15) is 29.5 Å². The Balaban J connectivity index is 2.03. The molecule has 0 aliphatic rings. The third-order valence-corrected chi connectivity index (χ3v) is 5.05. The van der Waals surface area contributed by atoms with Crippen molar-refractivity contribution < 1.29 is 14.3 Å². The third kappa shape index (κ3) is 5.06. The number of nitrogens with one attached hydrogen (secondary N) is 2. The number of ether oxygens (including phenoxy) is 1. The number of methoxy groups -OCH3 is 1. The van der Waals surface area contributed by atoms with Gasteiger partial charge in [-0.1, -0.05) is 85.8 Å². The Morgan fingerprint density at radius 1 is 0.833 bits per heavy atom. The minimum absolute atomic E-state index is 0.306. The van der Waals surface area contributed by atoms with Crippen molar-refractivity contribution in [3.05, 3.63) is 102 Å². The lowest BCUT2D eigenvalue weighted by Crippen LogP contribution is -2.48. The summed E-state index contributed by atoms with van der Waals surface area (Å²) in [6, 6.07) is 26.1. The highest BCUT2D eigenvalue weighted by Gasteiger charge is 2.33. The Morgan fingerprint density at radius 3 is 1.90 bits per heavy atom. The van der Waals surface area contributed by atoms with E-state index in [2.05, 4.69) is 10.6 Å². The van der Waals surface area contributed by atoms with Gasteiger partial charge in [0, 0.05) is 11.6 Å². The van der Waals surface area contributed by atoms with Gasteiger partial charge in [-0.3, -0.25) is 4.79 Å². The van der Waals surface area contributed by atoms with Crippen LogP contribution in [0.2, 0.25) is 0 Å². The first-order chi connectivity index (χ1) is 14.6. The van der Waals surface area contributed by atoms with E-state index in [1.807, 2.05) is 91.9 Å². The summed E-state index contributed by atoms with van der Waals surface area (Å²) in [5.74, 6) is -0.695. The van der Waals surface area contributed by atoms with Crippen LogP contribution < -0.4 is 10.6 Å². The van der Waals surface area contributed by atoms with Crippen molar-refractivity contribution >= 4 is 17.7 Å². The molecule has 0 unspecified atom stereocenters. The molecule has 2 N–H and O–H groups in total. The summed E-state index contributed by atoms with van der Waals surface area (Å²) >= 11 is 0. The molecule has 0 heterocycles. The summed E-state index contributed by atoms with van der Waals surface area (Å²) in [5.41, 5.74) is 3.60. The highest BCUT2D eigenvalue weighted by Crippen LogP contribution is 2.29. The molecule has 5 heteroatoms. The van der Waals surface area contributed by atoms with E-state index >= 15 is 0 Å². The van der Waals surface area contributed by atoms with Crippen molar-refractivity contribution in [2.75, 3.05) is 12.4 Å². The average Bonchev–Trinajstić information content (AvgIpc) is 2.80. The maximum atomic E-state index is 13.4. The van der Waals surface area contributed by atoms with Crippen LogP contribution in [-0.4, -0.2) is 25.2 Å². The number of aryl methyl sites for hydroxylation is 1. The molecule has 0 radical (unpaired) electrons. The molecule has 0 saturated heterocycles. The molecule has 0 aliphatic carbocycles. The van der Waals surface area contributed by atoms with Crippen molar-refractivity contribution in [1.82, 2.24) is 5.32 Å². The van der Waals surface area contributed by atoms with E-state index in [-0.39, 0.29) is 11.8 Å². The first kappa shape index (κ1) is 21.1. The number of rotatable bonds is 7. The van der Waals surface area contributed by atoms with Gasteiger partial charge in [-0.05, 0) is 29.2 Å². The van der Waals surface area contributed by atoms with Gasteiger partial charge in [0.05, 0.1) is 7.11 Å². The largest absolute Gasteiger partial charge is 0.453 e. The predicted octanol–water partition coefficient (Wildman–Crippen LogP) is 4.74. The van der Waals surface area contributed by atoms with Crippen molar-refractivity contribution in [2.45, 2.75) is 25.3 Å². The number of carbonyl (C=O) groups excluding carboxylic acids is 2. The van der Waals surface area contributed by atoms with Crippen LogP contribution in [0.15, 0.2) is 84.9 Å². The van der Waals surface area contributed by atoms with Crippen LogP contribution in [0.25, 0.3) is 0 Å². The fourth-order valence-corrected chi connectivity index (χ4v) is 3.55. The molecule has 0 spiro atoms. The summed E-state index contributed by atoms with van der Waals surface area (Å²) in [4.78, 5) is 25.6. The highest BCUT2D eigenvalue weighted by atomic mass is 16.5. The third-order valence-electron chi connectivity index (χ3n) is 5.05. The van der Waals surface area contributed by atoms with Crippen LogP contribution in [0, 0.1) is 0 Å². The van der Waals surface area contributed by atoms with Crippen molar-refractivity contribution in [2.24, 2.45) is 0 Å². The predicted molar refractivity (Wildman–Crippen MR) is 119 cm³/mol. The van der Waals surface area contributed by atoms with Gasteiger partial charge in [0.15, 0.2) is 0 Å². The van der Waals surface area contributed by atoms with Gasteiger partial charge in [-0.2, -0.15) is 0 Å². The van der Waals surface area contributed by atoms with Gasteiger partial charge in [-0.15, -0.1) is 0 Å². The number of para-hydroxylation sites is 1. The molecule has 5 nitrogen and oxygen atoms in total. The Hall–Kier alpha value is -3.60. The van der Waals surface area contributed by atoms with Gasteiger partial charge >= 0.3 is 6.09 Å². The van der Waals surface area contributed by atoms with Crippen LogP contribution in [0.3, 0.4) is 0 Å². The zero-order chi connectivity index (χ0) is 21.3. The van der Waals surface area contributed by atoms with Gasteiger partial charge in [0.1, 0.15) is 6.04 Å².